The summed E-state index contributed by atoms with van der Waals surface area (Å²) in [6.07, 6.45) is 0.766. The standard InChI is InChI=1S/C7H17O3Si/c1-6-7(2)11(8-3,9-4)10-5/h7H,1,6H2,2-5H3. The SMILES string of the molecule is [CH2]CC(C)[Si](OC)(OC)OC. The second kappa shape index (κ2) is 4.87. The molecule has 4 heteroatoms. The van der Waals surface area contributed by atoms with E-state index in [-0.39, 0.29) is 5.54 Å². The second-order valence-corrected chi connectivity index (χ2v) is 5.82. The fraction of sp³-hybridized carbons (Fsp3) is 0.857. The van der Waals surface area contributed by atoms with Gasteiger partial charge in [0.15, 0.2) is 0 Å². The van der Waals surface area contributed by atoms with E-state index in [1.807, 2.05) is 6.92 Å². The van der Waals surface area contributed by atoms with Gasteiger partial charge in [0.25, 0.3) is 0 Å². The lowest BCUT2D eigenvalue weighted by molar-refractivity contribution is 0.113. The Balaban J connectivity index is 4.26. The van der Waals surface area contributed by atoms with Gasteiger partial charge in [0.05, 0.1) is 0 Å². The average Bonchev–Trinajstić information content (AvgIpc) is 2.08. The summed E-state index contributed by atoms with van der Waals surface area (Å²) in [6, 6.07) is 0. The van der Waals surface area contributed by atoms with Crippen LogP contribution in [0.3, 0.4) is 0 Å². The molecule has 0 rings (SSSR count). The van der Waals surface area contributed by atoms with E-state index in [9.17, 15) is 0 Å². The minimum absolute atomic E-state index is 0.252. The van der Waals surface area contributed by atoms with Crippen LogP contribution in [0.1, 0.15) is 13.3 Å². The van der Waals surface area contributed by atoms with E-state index in [0.717, 1.165) is 6.42 Å². The molecule has 1 unspecified atom stereocenters. The Morgan fingerprint density at radius 2 is 1.55 bits per heavy atom. The van der Waals surface area contributed by atoms with Crippen LogP contribution in [0.2, 0.25) is 5.54 Å². The highest BCUT2D eigenvalue weighted by Crippen LogP contribution is 2.25. The molecule has 3 nitrogen and oxygen atoms in total. The van der Waals surface area contributed by atoms with Crippen molar-refractivity contribution in [2.75, 3.05) is 21.3 Å². The second-order valence-electron chi connectivity index (χ2n) is 2.41. The van der Waals surface area contributed by atoms with Crippen LogP contribution < -0.4 is 0 Å². The molecule has 0 aliphatic carbocycles. The molecule has 0 heterocycles. The first kappa shape index (κ1) is 11.1. The van der Waals surface area contributed by atoms with E-state index in [1.54, 1.807) is 21.3 Å². The first-order chi connectivity index (χ1) is 5.16. The maximum Gasteiger partial charge on any atom is 0.503 e. The fourth-order valence-corrected chi connectivity index (χ4v) is 3.09. The summed E-state index contributed by atoms with van der Waals surface area (Å²) in [5.41, 5.74) is 0.252. The van der Waals surface area contributed by atoms with E-state index in [0.29, 0.717) is 0 Å². The van der Waals surface area contributed by atoms with Crippen molar-refractivity contribution in [1.82, 2.24) is 0 Å². The molecule has 0 bridgehead atoms. The van der Waals surface area contributed by atoms with Crippen molar-refractivity contribution in [3.63, 3.8) is 0 Å². The van der Waals surface area contributed by atoms with Crippen LogP contribution in [0.4, 0.5) is 0 Å². The molecular formula is C7H17O3Si. The highest BCUT2D eigenvalue weighted by Gasteiger charge is 2.43. The summed E-state index contributed by atoms with van der Waals surface area (Å²) < 4.78 is 15.7. The van der Waals surface area contributed by atoms with Crippen molar-refractivity contribution in [2.45, 2.75) is 18.9 Å². The summed E-state index contributed by atoms with van der Waals surface area (Å²) in [6.45, 7) is 5.81. The number of hydrogen-bond donors (Lipinski definition) is 0. The van der Waals surface area contributed by atoms with Crippen LogP contribution >= 0.6 is 0 Å². The van der Waals surface area contributed by atoms with Gasteiger partial charge < -0.3 is 13.3 Å². The van der Waals surface area contributed by atoms with Crippen LogP contribution in [-0.4, -0.2) is 30.1 Å². The van der Waals surface area contributed by atoms with Gasteiger partial charge in [-0.05, 0) is 6.42 Å². The Bertz CT molecular complexity index is 95.6. The molecule has 0 N–H and O–H groups in total. The van der Waals surface area contributed by atoms with E-state index >= 15 is 0 Å². The Kier molecular flexibility index (Phi) is 4.91. The smallest absolute Gasteiger partial charge is 0.377 e. The van der Waals surface area contributed by atoms with E-state index in [4.69, 9.17) is 13.3 Å². The molecule has 0 spiro atoms. The number of rotatable bonds is 5. The van der Waals surface area contributed by atoms with Gasteiger partial charge >= 0.3 is 8.80 Å². The van der Waals surface area contributed by atoms with Crippen LogP contribution in [0.25, 0.3) is 0 Å². The zero-order valence-corrected chi connectivity index (χ0v) is 8.72. The third-order valence-corrected chi connectivity index (χ3v) is 5.09. The summed E-state index contributed by atoms with van der Waals surface area (Å²) in [4.78, 5) is 0. The van der Waals surface area contributed by atoms with Crippen molar-refractivity contribution in [3.05, 3.63) is 6.92 Å². The van der Waals surface area contributed by atoms with E-state index in [1.165, 1.54) is 0 Å². The Labute approximate surface area is 70.0 Å². The zero-order valence-electron chi connectivity index (χ0n) is 7.72. The van der Waals surface area contributed by atoms with Crippen molar-refractivity contribution >= 4 is 8.80 Å². The maximum absolute atomic E-state index is 5.24. The third-order valence-electron chi connectivity index (χ3n) is 1.89. The predicted molar refractivity (Wildman–Crippen MR) is 46.2 cm³/mol. The van der Waals surface area contributed by atoms with Crippen LogP contribution in [0.15, 0.2) is 0 Å². The van der Waals surface area contributed by atoms with Crippen molar-refractivity contribution in [2.24, 2.45) is 0 Å². The lowest BCUT2D eigenvalue weighted by atomic mass is 10.4. The van der Waals surface area contributed by atoms with Gasteiger partial charge in [-0.2, -0.15) is 0 Å². The van der Waals surface area contributed by atoms with Gasteiger partial charge in [0.2, 0.25) is 0 Å². The molecule has 0 aliphatic heterocycles. The van der Waals surface area contributed by atoms with Gasteiger partial charge in [-0.1, -0.05) is 13.8 Å². The molecule has 0 fully saturated rings. The quantitative estimate of drug-likeness (QED) is 0.595. The van der Waals surface area contributed by atoms with Crippen molar-refractivity contribution in [1.29, 1.82) is 0 Å². The third kappa shape index (κ3) is 2.26. The van der Waals surface area contributed by atoms with Gasteiger partial charge in [-0.3, -0.25) is 0 Å². The molecule has 11 heavy (non-hydrogen) atoms. The first-order valence-corrected chi connectivity index (χ1v) is 5.41. The summed E-state index contributed by atoms with van der Waals surface area (Å²) in [5.74, 6) is 0. The summed E-state index contributed by atoms with van der Waals surface area (Å²) in [7, 11) is 2.47. The normalized spacial score (nSPS) is 15.0. The zero-order chi connectivity index (χ0) is 8.91. The Hall–Kier alpha value is 0.0969. The summed E-state index contributed by atoms with van der Waals surface area (Å²) in [5, 5.41) is 0. The summed E-state index contributed by atoms with van der Waals surface area (Å²) >= 11 is 0. The minimum atomic E-state index is -2.38. The predicted octanol–water partition coefficient (Wildman–Crippen LogP) is 1.48. The topological polar surface area (TPSA) is 27.7 Å². The van der Waals surface area contributed by atoms with Gasteiger partial charge in [0.1, 0.15) is 0 Å². The first-order valence-electron chi connectivity index (χ1n) is 3.61. The fourth-order valence-electron chi connectivity index (χ4n) is 1.03. The number of hydrogen-bond acceptors (Lipinski definition) is 3. The molecule has 0 aromatic carbocycles. The van der Waals surface area contributed by atoms with Gasteiger partial charge in [-0.15, -0.1) is 0 Å². The molecule has 0 saturated carbocycles. The molecule has 67 valence electrons. The molecule has 0 saturated heterocycles. The van der Waals surface area contributed by atoms with Crippen molar-refractivity contribution < 1.29 is 13.3 Å². The lowest BCUT2D eigenvalue weighted by Crippen LogP contribution is -2.46. The molecule has 1 atom stereocenters. The molecule has 0 amide bonds. The van der Waals surface area contributed by atoms with Crippen molar-refractivity contribution in [3.8, 4) is 0 Å². The molecule has 0 aliphatic rings. The molecule has 1 radical (unpaired) electrons. The van der Waals surface area contributed by atoms with Gasteiger partial charge in [0, 0.05) is 26.9 Å². The average molecular weight is 177 g/mol. The Morgan fingerprint density at radius 1 is 1.18 bits per heavy atom. The molecule has 0 aromatic rings. The van der Waals surface area contributed by atoms with Gasteiger partial charge in [-0.25, -0.2) is 0 Å². The highest BCUT2D eigenvalue weighted by atomic mass is 28.4. The van der Waals surface area contributed by atoms with Crippen LogP contribution in [0, 0.1) is 6.92 Å². The van der Waals surface area contributed by atoms with Crippen LogP contribution in [0.5, 0.6) is 0 Å². The molecule has 0 aromatic heterocycles. The monoisotopic (exact) mass is 177 g/mol. The highest BCUT2D eigenvalue weighted by molar-refractivity contribution is 6.62. The largest absolute Gasteiger partial charge is 0.503 e. The lowest BCUT2D eigenvalue weighted by Gasteiger charge is -2.29. The molecular weight excluding hydrogens is 160 g/mol. The van der Waals surface area contributed by atoms with E-state index < -0.39 is 8.80 Å². The van der Waals surface area contributed by atoms with Crippen LogP contribution in [-0.2, 0) is 13.3 Å². The Morgan fingerprint density at radius 3 is 1.64 bits per heavy atom. The maximum atomic E-state index is 5.24. The minimum Gasteiger partial charge on any atom is -0.377 e. The van der Waals surface area contributed by atoms with E-state index in [2.05, 4.69) is 6.92 Å².